The number of methoxy groups -OCH3 is 1. The van der Waals surface area contributed by atoms with Crippen LogP contribution in [0, 0.1) is 5.92 Å². The second kappa shape index (κ2) is 7.12. The molecule has 0 amide bonds. The average molecular weight is 276 g/mol. The van der Waals surface area contributed by atoms with Crippen LogP contribution in [-0.2, 0) is 9.47 Å². The minimum atomic E-state index is 0.216. The van der Waals surface area contributed by atoms with Gasteiger partial charge >= 0.3 is 0 Å². The lowest BCUT2D eigenvalue weighted by atomic mass is 9.87. The Hall–Kier alpha value is -1.02. The van der Waals surface area contributed by atoms with Gasteiger partial charge in [-0.1, -0.05) is 32.4 Å². The van der Waals surface area contributed by atoms with Gasteiger partial charge in [0.25, 0.3) is 0 Å². The highest BCUT2D eigenvalue weighted by Gasteiger charge is 2.25. The van der Waals surface area contributed by atoms with Crippen molar-refractivity contribution in [3.05, 3.63) is 35.1 Å². The molecule has 0 aliphatic heterocycles. The van der Waals surface area contributed by atoms with E-state index in [-0.39, 0.29) is 6.10 Å². The summed E-state index contributed by atoms with van der Waals surface area (Å²) in [6.07, 6.45) is 12.9. The third-order valence-electron chi connectivity index (χ3n) is 4.48. The highest BCUT2D eigenvalue weighted by atomic mass is 16.5. The van der Waals surface area contributed by atoms with Gasteiger partial charge in [0.2, 0.25) is 0 Å². The Kier molecular flexibility index (Phi) is 5.47. The van der Waals surface area contributed by atoms with Gasteiger partial charge in [0.1, 0.15) is 5.76 Å². The predicted octanol–water partition coefficient (Wildman–Crippen LogP) is 4.78. The molecule has 3 unspecified atom stereocenters. The van der Waals surface area contributed by atoms with E-state index in [1.165, 1.54) is 18.4 Å². The maximum Gasteiger partial charge on any atom is 0.117 e. The van der Waals surface area contributed by atoms with Crippen LogP contribution in [0.3, 0.4) is 0 Å². The second-order valence-electron chi connectivity index (χ2n) is 5.84. The van der Waals surface area contributed by atoms with Crippen molar-refractivity contribution < 1.29 is 9.47 Å². The van der Waals surface area contributed by atoms with Crippen LogP contribution >= 0.6 is 0 Å². The van der Waals surface area contributed by atoms with Crippen molar-refractivity contribution in [2.45, 2.75) is 65.1 Å². The van der Waals surface area contributed by atoms with Gasteiger partial charge in [-0.2, -0.15) is 0 Å². The molecule has 2 heteroatoms. The maximum absolute atomic E-state index is 6.34. The summed E-state index contributed by atoms with van der Waals surface area (Å²) in [6.45, 7) is 6.69. The van der Waals surface area contributed by atoms with E-state index >= 15 is 0 Å². The number of rotatable bonds is 5. The molecule has 0 heterocycles. The first kappa shape index (κ1) is 15.4. The molecule has 0 aromatic carbocycles. The molecule has 20 heavy (non-hydrogen) atoms. The normalized spacial score (nSPS) is 30.4. The highest BCUT2D eigenvalue weighted by molar-refractivity contribution is 5.30. The fourth-order valence-corrected chi connectivity index (χ4v) is 3.19. The SMILES string of the molecule is CCC1=CC(C)C(OC2C=C(CC)C(OC)=CC2)CC1. The number of allylic oxidation sites excluding steroid dienone is 2. The standard InChI is InChI=1S/C18H28O2/c1-5-14-7-9-17(13(3)11-14)20-16-8-10-18(19-4)15(6-2)12-16/h10-13,16-17H,5-9H2,1-4H3. The van der Waals surface area contributed by atoms with E-state index < -0.39 is 0 Å². The van der Waals surface area contributed by atoms with Crippen LogP contribution < -0.4 is 0 Å². The summed E-state index contributed by atoms with van der Waals surface area (Å²) < 4.78 is 11.8. The molecular formula is C18H28O2. The first-order valence-corrected chi connectivity index (χ1v) is 7.98. The molecule has 0 aromatic heterocycles. The lowest BCUT2D eigenvalue weighted by molar-refractivity contribution is -0.0149. The lowest BCUT2D eigenvalue weighted by Gasteiger charge is -2.32. The van der Waals surface area contributed by atoms with E-state index in [1.54, 1.807) is 12.7 Å². The van der Waals surface area contributed by atoms with E-state index in [4.69, 9.17) is 9.47 Å². The van der Waals surface area contributed by atoms with Gasteiger partial charge < -0.3 is 9.47 Å². The van der Waals surface area contributed by atoms with Gasteiger partial charge in [-0.15, -0.1) is 0 Å². The zero-order chi connectivity index (χ0) is 14.5. The molecule has 0 saturated heterocycles. The number of hydrogen-bond donors (Lipinski definition) is 0. The number of ether oxygens (including phenoxy) is 2. The molecule has 0 N–H and O–H groups in total. The van der Waals surface area contributed by atoms with Crippen LogP contribution in [-0.4, -0.2) is 19.3 Å². The molecule has 2 aliphatic rings. The molecule has 2 aliphatic carbocycles. The molecule has 0 aromatic rings. The Morgan fingerprint density at radius 1 is 1.20 bits per heavy atom. The Bertz CT molecular complexity index is 417. The number of hydrogen-bond acceptors (Lipinski definition) is 2. The second-order valence-corrected chi connectivity index (χ2v) is 5.84. The van der Waals surface area contributed by atoms with Gasteiger partial charge in [-0.25, -0.2) is 0 Å². The van der Waals surface area contributed by atoms with E-state index in [0.29, 0.717) is 12.0 Å². The molecule has 0 saturated carbocycles. The molecular weight excluding hydrogens is 248 g/mol. The van der Waals surface area contributed by atoms with E-state index in [1.807, 2.05) is 0 Å². The largest absolute Gasteiger partial charge is 0.497 e. The molecule has 2 rings (SSSR count). The molecule has 3 atom stereocenters. The molecule has 112 valence electrons. The Morgan fingerprint density at radius 3 is 2.60 bits per heavy atom. The van der Waals surface area contributed by atoms with E-state index in [9.17, 15) is 0 Å². The monoisotopic (exact) mass is 276 g/mol. The van der Waals surface area contributed by atoms with Crippen molar-refractivity contribution >= 4 is 0 Å². The van der Waals surface area contributed by atoms with Gasteiger partial charge in [-0.3, -0.25) is 0 Å². The first-order chi connectivity index (χ1) is 9.67. The third kappa shape index (κ3) is 3.54. The van der Waals surface area contributed by atoms with Crippen LogP contribution in [0.1, 0.15) is 52.9 Å². The molecule has 0 fully saturated rings. The first-order valence-electron chi connectivity index (χ1n) is 7.98. The fraction of sp³-hybridized carbons (Fsp3) is 0.667. The van der Waals surface area contributed by atoms with Crippen molar-refractivity contribution in [3.8, 4) is 0 Å². The summed E-state index contributed by atoms with van der Waals surface area (Å²) in [5.41, 5.74) is 2.87. The van der Waals surface area contributed by atoms with Gasteiger partial charge in [0.15, 0.2) is 0 Å². The van der Waals surface area contributed by atoms with Crippen LogP contribution in [0.15, 0.2) is 35.1 Å². The van der Waals surface area contributed by atoms with Crippen molar-refractivity contribution in [3.63, 3.8) is 0 Å². The molecule has 2 nitrogen and oxygen atoms in total. The topological polar surface area (TPSA) is 18.5 Å². The Labute approximate surface area is 123 Å². The summed E-state index contributed by atoms with van der Waals surface area (Å²) in [5.74, 6) is 1.56. The summed E-state index contributed by atoms with van der Waals surface area (Å²) in [6, 6.07) is 0. The molecule has 0 bridgehead atoms. The van der Waals surface area contributed by atoms with Crippen molar-refractivity contribution in [2.75, 3.05) is 7.11 Å². The van der Waals surface area contributed by atoms with Crippen LogP contribution in [0.5, 0.6) is 0 Å². The zero-order valence-electron chi connectivity index (χ0n) is 13.3. The third-order valence-corrected chi connectivity index (χ3v) is 4.48. The molecule has 0 spiro atoms. The van der Waals surface area contributed by atoms with Crippen LogP contribution in [0.25, 0.3) is 0 Å². The highest BCUT2D eigenvalue weighted by Crippen LogP contribution is 2.31. The quantitative estimate of drug-likeness (QED) is 0.673. The van der Waals surface area contributed by atoms with Crippen molar-refractivity contribution in [1.29, 1.82) is 0 Å². The van der Waals surface area contributed by atoms with E-state index in [2.05, 4.69) is 39.0 Å². The minimum Gasteiger partial charge on any atom is -0.497 e. The zero-order valence-corrected chi connectivity index (χ0v) is 13.3. The van der Waals surface area contributed by atoms with Crippen molar-refractivity contribution in [1.82, 2.24) is 0 Å². The molecule has 0 radical (unpaired) electrons. The van der Waals surface area contributed by atoms with Crippen molar-refractivity contribution in [2.24, 2.45) is 5.92 Å². The summed E-state index contributed by atoms with van der Waals surface area (Å²) >= 11 is 0. The Morgan fingerprint density at radius 2 is 2.00 bits per heavy atom. The van der Waals surface area contributed by atoms with Gasteiger partial charge in [0, 0.05) is 5.92 Å². The smallest absolute Gasteiger partial charge is 0.117 e. The average Bonchev–Trinajstić information content (AvgIpc) is 2.49. The fourth-order valence-electron chi connectivity index (χ4n) is 3.19. The van der Waals surface area contributed by atoms with Gasteiger partial charge in [0.05, 0.1) is 19.3 Å². The minimum absolute atomic E-state index is 0.216. The predicted molar refractivity (Wildman–Crippen MR) is 83.5 cm³/mol. The summed E-state index contributed by atoms with van der Waals surface area (Å²) in [5, 5.41) is 0. The van der Waals surface area contributed by atoms with Crippen LogP contribution in [0.2, 0.25) is 0 Å². The van der Waals surface area contributed by atoms with Gasteiger partial charge in [-0.05, 0) is 49.8 Å². The van der Waals surface area contributed by atoms with Crippen LogP contribution in [0.4, 0.5) is 0 Å². The lowest BCUT2D eigenvalue weighted by Crippen LogP contribution is -2.29. The Balaban J connectivity index is 1.97. The summed E-state index contributed by atoms with van der Waals surface area (Å²) in [7, 11) is 1.75. The van der Waals surface area contributed by atoms with E-state index in [0.717, 1.165) is 25.0 Å². The summed E-state index contributed by atoms with van der Waals surface area (Å²) in [4.78, 5) is 0. The maximum atomic E-state index is 6.34.